The fraction of sp³-hybridized carbons (Fsp3) is 0.400. The highest BCUT2D eigenvalue weighted by Gasteiger charge is 2.33. The first-order valence-corrected chi connectivity index (χ1v) is 11.7. The van der Waals surface area contributed by atoms with Crippen molar-refractivity contribution in [2.24, 2.45) is 5.92 Å². The predicted octanol–water partition coefficient (Wildman–Crippen LogP) is 2.65. The van der Waals surface area contributed by atoms with Gasteiger partial charge in [0.15, 0.2) is 28.9 Å². The second kappa shape index (κ2) is 10.1. The number of hydrogen-bond donors (Lipinski definition) is 3. The maximum atomic E-state index is 15.1. The van der Waals surface area contributed by atoms with Crippen LogP contribution in [0.25, 0.3) is 16.7 Å². The molecule has 1 aliphatic rings. The summed E-state index contributed by atoms with van der Waals surface area (Å²) in [6.07, 6.45) is -0.916. The lowest BCUT2D eigenvalue weighted by molar-refractivity contribution is 0.0572. The van der Waals surface area contributed by atoms with E-state index in [0.29, 0.717) is 18.6 Å². The van der Waals surface area contributed by atoms with Gasteiger partial charge in [-0.3, -0.25) is 14.2 Å². The van der Waals surface area contributed by atoms with Crippen LogP contribution in [0.3, 0.4) is 0 Å². The van der Waals surface area contributed by atoms with Crippen molar-refractivity contribution in [3.8, 4) is 5.69 Å². The first-order valence-electron chi connectivity index (χ1n) is 11.7. The lowest BCUT2D eigenvalue weighted by Gasteiger charge is -2.20. The van der Waals surface area contributed by atoms with Gasteiger partial charge in [0.25, 0.3) is 5.91 Å². The number of aliphatic hydroxyl groups is 2. The molecule has 1 aliphatic heterocycles. The van der Waals surface area contributed by atoms with E-state index < -0.39 is 69.1 Å². The number of aliphatic hydroxyl groups excluding tert-OH is 2. The highest BCUT2D eigenvalue weighted by Crippen LogP contribution is 2.28. The molecule has 0 unspecified atom stereocenters. The molecule has 0 radical (unpaired) electrons. The Morgan fingerprint density at radius 2 is 1.65 bits per heavy atom. The van der Waals surface area contributed by atoms with E-state index in [9.17, 15) is 33.0 Å². The largest absolute Gasteiger partial charge is 0.389 e. The minimum atomic E-state index is -1.35. The second-order valence-corrected chi connectivity index (χ2v) is 9.67. The van der Waals surface area contributed by atoms with Gasteiger partial charge < -0.3 is 20.4 Å². The predicted molar refractivity (Wildman–Crippen MR) is 128 cm³/mol. The van der Waals surface area contributed by atoms with Gasteiger partial charge in [-0.1, -0.05) is 13.8 Å². The molecular formula is C25H26F4N4O4. The van der Waals surface area contributed by atoms with Crippen molar-refractivity contribution >= 4 is 22.8 Å². The Labute approximate surface area is 209 Å². The van der Waals surface area contributed by atoms with Crippen molar-refractivity contribution in [3.63, 3.8) is 0 Å². The molecule has 3 N–H and O–H groups in total. The molecule has 1 saturated heterocycles. The van der Waals surface area contributed by atoms with Crippen molar-refractivity contribution in [1.82, 2.24) is 14.9 Å². The van der Waals surface area contributed by atoms with Gasteiger partial charge in [-0.25, -0.2) is 22.5 Å². The number of β-amino-alcohol motifs (C(OH)–C–C–N with tert-alkyl or cyclic N) is 2. The number of hydrogen-bond acceptors (Lipinski definition) is 6. The van der Waals surface area contributed by atoms with Crippen LogP contribution in [0, 0.1) is 29.2 Å². The van der Waals surface area contributed by atoms with E-state index >= 15 is 4.39 Å². The van der Waals surface area contributed by atoms with Crippen LogP contribution in [0.2, 0.25) is 0 Å². The Bertz CT molecular complexity index is 1400. The van der Waals surface area contributed by atoms with E-state index in [1.54, 1.807) is 6.92 Å². The van der Waals surface area contributed by atoms with Gasteiger partial charge in [0.1, 0.15) is 17.1 Å². The quantitative estimate of drug-likeness (QED) is 0.430. The third-order valence-corrected chi connectivity index (χ3v) is 6.14. The smallest absolute Gasteiger partial charge is 0.256 e. The van der Waals surface area contributed by atoms with E-state index in [0.717, 1.165) is 16.8 Å². The molecule has 12 heteroatoms. The van der Waals surface area contributed by atoms with E-state index in [4.69, 9.17) is 0 Å². The summed E-state index contributed by atoms with van der Waals surface area (Å²) in [6.45, 7) is 5.23. The molecular weight excluding hydrogens is 496 g/mol. The van der Waals surface area contributed by atoms with Crippen molar-refractivity contribution in [2.75, 3.05) is 18.0 Å². The zero-order chi connectivity index (χ0) is 27.2. The molecule has 3 aromatic rings. The summed E-state index contributed by atoms with van der Waals surface area (Å²) < 4.78 is 59.2. The highest BCUT2D eigenvalue weighted by molar-refractivity contribution is 5.97. The Kier molecular flexibility index (Phi) is 7.24. The van der Waals surface area contributed by atoms with Crippen LogP contribution in [0.4, 0.5) is 23.4 Å². The van der Waals surface area contributed by atoms with Crippen molar-refractivity contribution < 1.29 is 32.6 Å². The molecule has 0 bridgehead atoms. The molecule has 8 nitrogen and oxygen atoms in total. The van der Waals surface area contributed by atoms with Gasteiger partial charge >= 0.3 is 0 Å². The zero-order valence-corrected chi connectivity index (χ0v) is 20.3. The number of pyridine rings is 2. The zero-order valence-electron chi connectivity index (χ0n) is 20.3. The average molecular weight is 522 g/mol. The number of benzene rings is 1. The van der Waals surface area contributed by atoms with Gasteiger partial charge in [-0.15, -0.1) is 0 Å². The van der Waals surface area contributed by atoms with E-state index in [1.165, 1.54) is 4.90 Å². The monoisotopic (exact) mass is 522 g/mol. The first-order chi connectivity index (χ1) is 17.4. The topological polar surface area (TPSA) is 108 Å². The van der Waals surface area contributed by atoms with Crippen molar-refractivity contribution in [1.29, 1.82) is 0 Å². The van der Waals surface area contributed by atoms with Gasteiger partial charge in [-0.05, 0) is 25.3 Å². The second-order valence-electron chi connectivity index (χ2n) is 9.67. The molecule has 4 rings (SSSR count). The minimum absolute atomic E-state index is 0.186. The Morgan fingerprint density at radius 3 is 2.22 bits per heavy atom. The van der Waals surface area contributed by atoms with Crippen LogP contribution in [0.1, 0.15) is 37.6 Å². The molecule has 37 heavy (non-hydrogen) atoms. The fourth-order valence-electron chi connectivity index (χ4n) is 4.54. The summed E-state index contributed by atoms with van der Waals surface area (Å²) in [5.74, 6) is -5.89. The number of nitrogens with zero attached hydrogens (tertiary/aromatic N) is 3. The Hall–Kier alpha value is -3.51. The maximum Gasteiger partial charge on any atom is 0.256 e. The standard InChI is InChI=1S/C25H26F4N4O4/c1-11(2)4-12(3)30-25(37)15-8-33(21-16(27)5-13(26)6-17(21)28)23-14(22(15)36)7-18(29)24(31-23)32-9-19(34)20(35)10-32/h5-8,11-12,19-20,34-35H,4,9-10H2,1-3H3,(H,30,37)/t12-,19-,20-/m1/s1. The third-order valence-electron chi connectivity index (χ3n) is 6.14. The maximum absolute atomic E-state index is 15.1. The molecule has 1 amide bonds. The number of rotatable bonds is 6. The molecule has 0 saturated carbocycles. The lowest BCUT2D eigenvalue weighted by Crippen LogP contribution is -2.37. The Balaban J connectivity index is 1.96. The normalized spacial score (nSPS) is 18.6. The van der Waals surface area contributed by atoms with Crippen molar-refractivity contribution in [2.45, 2.75) is 45.4 Å². The van der Waals surface area contributed by atoms with E-state index in [2.05, 4.69) is 10.3 Å². The van der Waals surface area contributed by atoms with Crippen LogP contribution < -0.4 is 15.6 Å². The molecule has 3 heterocycles. The molecule has 198 valence electrons. The Morgan fingerprint density at radius 1 is 1.05 bits per heavy atom. The summed E-state index contributed by atoms with van der Waals surface area (Å²) in [5, 5.41) is 21.9. The molecule has 1 aromatic carbocycles. The summed E-state index contributed by atoms with van der Waals surface area (Å²) in [7, 11) is 0. The summed E-state index contributed by atoms with van der Waals surface area (Å²) >= 11 is 0. The molecule has 0 spiro atoms. The molecule has 1 fully saturated rings. The number of carbonyl (C=O) groups excluding carboxylic acids is 1. The van der Waals surface area contributed by atoms with Crippen molar-refractivity contribution in [3.05, 3.63) is 63.5 Å². The molecule has 0 aliphatic carbocycles. The van der Waals surface area contributed by atoms with E-state index in [-0.39, 0.29) is 30.9 Å². The van der Waals surface area contributed by atoms with Crippen LogP contribution in [0.5, 0.6) is 0 Å². The third kappa shape index (κ3) is 5.16. The molecule has 2 aromatic heterocycles. The van der Waals surface area contributed by atoms with Gasteiger partial charge in [-0.2, -0.15) is 0 Å². The van der Waals surface area contributed by atoms with Crippen LogP contribution in [0.15, 0.2) is 29.2 Å². The average Bonchev–Trinajstić information content (AvgIpc) is 3.11. The SMILES string of the molecule is CC(C)C[C@@H](C)NC(=O)c1cn(-c2c(F)cc(F)cc2F)c2nc(N3C[C@@H](O)[C@H](O)C3)c(F)cc2c1=O. The highest BCUT2D eigenvalue weighted by atomic mass is 19.1. The van der Waals surface area contributed by atoms with Gasteiger partial charge in [0.2, 0.25) is 5.43 Å². The number of halogens is 4. The number of aromatic nitrogens is 2. The fourth-order valence-corrected chi connectivity index (χ4v) is 4.54. The minimum Gasteiger partial charge on any atom is -0.389 e. The summed E-state index contributed by atoms with van der Waals surface area (Å²) in [5.41, 5.74) is -2.69. The number of carbonyl (C=O) groups is 1. The number of nitrogens with one attached hydrogen (secondary N) is 1. The summed E-state index contributed by atoms with van der Waals surface area (Å²) in [4.78, 5) is 31.6. The lowest BCUT2D eigenvalue weighted by atomic mass is 10.0. The summed E-state index contributed by atoms with van der Waals surface area (Å²) in [6, 6.07) is 1.27. The van der Waals surface area contributed by atoms with Gasteiger partial charge in [0.05, 0.1) is 17.6 Å². The number of fused-ring (bicyclic) bond motifs is 1. The number of amides is 1. The van der Waals surface area contributed by atoms with Gasteiger partial charge in [0, 0.05) is 37.5 Å². The van der Waals surface area contributed by atoms with E-state index in [1.807, 2.05) is 13.8 Å². The van der Waals surface area contributed by atoms with Crippen LogP contribution in [-0.4, -0.2) is 57.0 Å². The first kappa shape index (κ1) is 26.6. The number of anilines is 1. The van der Waals surface area contributed by atoms with Crippen LogP contribution in [-0.2, 0) is 0 Å². The molecule has 3 atom stereocenters. The van der Waals surface area contributed by atoms with Crippen LogP contribution >= 0.6 is 0 Å².